The van der Waals surface area contributed by atoms with Crippen molar-refractivity contribution in [2.75, 3.05) is 59.7 Å². The Hall–Kier alpha value is -1.58. The van der Waals surface area contributed by atoms with E-state index < -0.39 is 11.9 Å². The molecule has 1 heterocycles. The highest BCUT2D eigenvalue weighted by atomic mass is 19.1. The highest BCUT2D eigenvalue weighted by molar-refractivity contribution is 5.94. The SMILES string of the molecule is COCCN(C[C@H]1CN(C[C@H](O)COC(C)C)CCO1)C(=O)c1cccc(F)c1. The summed E-state index contributed by atoms with van der Waals surface area (Å²) < 4.78 is 30.0. The van der Waals surface area contributed by atoms with E-state index in [1.165, 1.54) is 18.2 Å². The largest absolute Gasteiger partial charge is 0.389 e. The molecule has 164 valence electrons. The number of carbonyl (C=O) groups is 1. The van der Waals surface area contributed by atoms with Gasteiger partial charge in [0.1, 0.15) is 5.82 Å². The lowest BCUT2D eigenvalue weighted by atomic mass is 10.1. The fourth-order valence-electron chi connectivity index (χ4n) is 3.24. The summed E-state index contributed by atoms with van der Waals surface area (Å²) in [5.74, 6) is -0.701. The van der Waals surface area contributed by atoms with Crippen molar-refractivity contribution in [2.24, 2.45) is 0 Å². The fraction of sp³-hybridized carbons (Fsp3) is 0.667. The predicted molar refractivity (Wildman–Crippen MR) is 107 cm³/mol. The average Bonchev–Trinajstić information content (AvgIpc) is 2.69. The van der Waals surface area contributed by atoms with Crippen LogP contribution < -0.4 is 0 Å². The molecule has 0 radical (unpaired) electrons. The summed E-state index contributed by atoms with van der Waals surface area (Å²) in [4.78, 5) is 16.6. The van der Waals surface area contributed by atoms with E-state index in [-0.39, 0.29) is 24.7 Å². The lowest BCUT2D eigenvalue weighted by Gasteiger charge is -2.36. The van der Waals surface area contributed by atoms with E-state index in [4.69, 9.17) is 14.2 Å². The number of hydrogen-bond donors (Lipinski definition) is 1. The van der Waals surface area contributed by atoms with Gasteiger partial charge < -0.3 is 24.2 Å². The van der Waals surface area contributed by atoms with E-state index in [2.05, 4.69) is 4.90 Å². The van der Waals surface area contributed by atoms with Crippen LogP contribution in [0.15, 0.2) is 24.3 Å². The number of carbonyl (C=O) groups excluding carboxylic acids is 1. The summed E-state index contributed by atoms with van der Waals surface area (Å²) in [5.41, 5.74) is 0.301. The Balaban J connectivity index is 1.94. The third kappa shape index (κ3) is 8.36. The molecule has 1 N–H and O–H groups in total. The van der Waals surface area contributed by atoms with E-state index >= 15 is 0 Å². The summed E-state index contributed by atoms with van der Waals surface area (Å²) in [7, 11) is 1.57. The van der Waals surface area contributed by atoms with E-state index in [1.54, 1.807) is 18.1 Å². The van der Waals surface area contributed by atoms with E-state index in [0.29, 0.717) is 51.5 Å². The van der Waals surface area contributed by atoms with Gasteiger partial charge in [-0.1, -0.05) is 6.07 Å². The number of morpholine rings is 1. The van der Waals surface area contributed by atoms with E-state index in [1.807, 2.05) is 13.8 Å². The van der Waals surface area contributed by atoms with Crippen LogP contribution in [-0.4, -0.2) is 98.8 Å². The molecule has 0 unspecified atom stereocenters. The minimum Gasteiger partial charge on any atom is -0.389 e. The summed E-state index contributed by atoms with van der Waals surface area (Å²) in [6, 6.07) is 5.68. The maximum Gasteiger partial charge on any atom is 0.254 e. The number of amides is 1. The van der Waals surface area contributed by atoms with Gasteiger partial charge in [-0.05, 0) is 32.0 Å². The first-order valence-electron chi connectivity index (χ1n) is 10.1. The number of nitrogens with zero attached hydrogens (tertiary/aromatic N) is 2. The Labute approximate surface area is 172 Å². The average molecular weight is 413 g/mol. The van der Waals surface area contributed by atoms with Crippen LogP contribution in [0.4, 0.5) is 4.39 Å². The number of hydrogen-bond acceptors (Lipinski definition) is 6. The Bertz CT molecular complexity index is 631. The molecule has 1 aliphatic rings. The van der Waals surface area contributed by atoms with Gasteiger partial charge in [-0.25, -0.2) is 4.39 Å². The monoisotopic (exact) mass is 412 g/mol. The maximum absolute atomic E-state index is 13.5. The summed E-state index contributed by atoms with van der Waals surface area (Å²) >= 11 is 0. The third-order valence-electron chi connectivity index (χ3n) is 4.66. The molecule has 0 aromatic heterocycles. The Morgan fingerprint density at radius 1 is 1.45 bits per heavy atom. The van der Waals surface area contributed by atoms with Gasteiger partial charge in [0, 0.05) is 45.4 Å². The molecule has 29 heavy (non-hydrogen) atoms. The molecule has 7 nitrogen and oxygen atoms in total. The molecule has 8 heteroatoms. The van der Waals surface area contributed by atoms with Gasteiger partial charge >= 0.3 is 0 Å². The van der Waals surface area contributed by atoms with E-state index in [9.17, 15) is 14.3 Å². The van der Waals surface area contributed by atoms with Crippen LogP contribution in [0.5, 0.6) is 0 Å². The Morgan fingerprint density at radius 3 is 2.93 bits per heavy atom. The normalized spacial score (nSPS) is 18.8. The van der Waals surface area contributed by atoms with E-state index in [0.717, 1.165) is 0 Å². The van der Waals surface area contributed by atoms with Crippen LogP contribution in [0.1, 0.15) is 24.2 Å². The first kappa shape index (κ1) is 23.7. The summed E-state index contributed by atoms with van der Waals surface area (Å²) in [6.07, 6.45) is -0.698. The van der Waals surface area contributed by atoms with Crippen molar-refractivity contribution in [3.05, 3.63) is 35.6 Å². The number of aliphatic hydroxyl groups excluding tert-OH is 1. The molecule has 1 saturated heterocycles. The van der Waals surface area contributed by atoms with Crippen LogP contribution >= 0.6 is 0 Å². The van der Waals surface area contributed by atoms with Gasteiger partial charge in [-0.3, -0.25) is 9.69 Å². The Morgan fingerprint density at radius 2 is 2.24 bits per heavy atom. The molecule has 1 aliphatic heterocycles. The molecule has 1 aromatic rings. The third-order valence-corrected chi connectivity index (χ3v) is 4.66. The number of methoxy groups -OCH3 is 1. The van der Waals surface area contributed by atoms with Crippen LogP contribution in [0, 0.1) is 5.82 Å². The summed E-state index contributed by atoms with van der Waals surface area (Å²) in [5, 5.41) is 10.2. The molecule has 2 rings (SSSR count). The second-order valence-corrected chi connectivity index (χ2v) is 7.54. The highest BCUT2D eigenvalue weighted by Crippen LogP contribution is 2.12. The van der Waals surface area contributed by atoms with Crippen molar-refractivity contribution in [1.29, 1.82) is 0 Å². The lowest BCUT2D eigenvalue weighted by molar-refractivity contribution is -0.0634. The number of halogens is 1. The van der Waals surface area contributed by atoms with Crippen molar-refractivity contribution in [2.45, 2.75) is 32.2 Å². The second kappa shape index (κ2) is 12.2. The Kier molecular flexibility index (Phi) is 9.96. The minimum absolute atomic E-state index is 0.0743. The van der Waals surface area contributed by atoms with Gasteiger partial charge in [-0.15, -0.1) is 0 Å². The number of benzene rings is 1. The standard InChI is InChI=1S/C21H33FN2O5/c1-16(2)29-15-19(25)12-23-7-10-28-20(13-23)14-24(8-9-27-3)21(26)17-5-4-6-18(22)11-17/h4-6,11,16,19-20,25H,7-10,12-15H2,1-3H3/t19-,20+/m0/s1. The van der Waals surface area contributed by atoms with Crippen molar-refractivity contribution < 1.29 is 28.5 Å². The minimum atomic E-state index is -0.574. The van der Waals surface area contributed by atoms with Crippen LogP contribution in [-0.2, 0) is 14.2 Å². The smallest absolute Gasteiger partial charge is 0.254 e. The molecule has 0 spiro atoms. The lowest BCUT2D eigenvalue weighted by Crippen LogP contribution is -2.51. The number of rotatable bonds is 11. The van der Waals surface area contributed by atoms with Gasteiger partial charge in [0.25, 0.3) is 5.91 Å². The zero-order valence-electron chi connectivity index (χ0n) is 17.6. The molecule has 1 amide bonds. The number of β-amino-alcohol motifs (C(OH)–C–C–N with tert-alkyl or cyclic N) is 1. The molecule has 0 saturated carbocycles. The zero-order valence-corrected chi connectivity index (χ0v) is 17.6. The van der Waals surface area contributed by atoms with Crippen molar-refractivity contribution >= 4 is 5.91 Å². The molecule has 1 fully saturated rings. The van der Waals surface area contributed by atoms with Crippen molar-refractivity contribution in [3.8, 4) is 0 Å². The van der Waals surface area contributed by atoms with Gasteiger partial charge in [-0.2, -0.15) is 0 Å². The van der Waals surface area contributed by atoms with Gasteiger partial charge in [0.2, 0.25) is 0 Å². The number of ether oxygens (including phenoxy) is 3. The van der Waals surface area contributed by atoms with Crippen molar-refractivity contribution in [1.82, 2.24) is 9.80 Å². The molecular formula is C21H33FN2O5. The zero-order chi connectivity index (χ0) is 21.2. The van der Waals surface area contributed by atoms with Crippen LogP contribution in [0.25, 0.3) is 0 Å². The van der Waals surface area contributed by atoms with Gasteiger partial charge in [0.15, 0.2) is 0 Å². The molecule has 0 bridgehead atoms. The maximum atomic E-state index is 13.5. The predicted octanol–water partition coefficient (Wildman–Crippen LogP) is 1.40. The fourth-order valence-corrected chi connectivity index (χ4v) is 3.24. The summed E-state index contributed by atoms with van der Waals surface area (Å²) in [6.45, 7) is 7.61. The number of aliphatic hydroxyl groups is 1. The quantitative estimate of drug-likeness (QED) is 0.593. The molecular weight excluding hydrogens is 379 g/mol. The van der Waals surface area contributed by atoms with Crippen LogP contribution in [0.3, 0.4) is 0 Å². The van der Waals surface area contributed by atoms with Crippen molar-refractivity contribution in [3.63, 3.8) is 0 Å². The molecule has 1 aromatic carbocycles. The van der Waals surface area contributed by atoms with Crippen LogP contribution in [0.2, 0.25) is 0 Å². The second-order valence-electron chi connectivity index (χ2n) is 7.54. The van der Waals surface area contributed by atoms with Gasteiger partial charge in [0.05, 0.1) is 38.1 Å². The highest BCUT2D eigenvalue weighted by Gasteiger charge is 2.26. The first-order valence-corrected chi connectivity index (χ1v) is 10.1. The topological polar surface area (TPSA) is 71.5 Å². The first-order chi connectivity index (χ1) is 13.9. The molecule has 2 atom stereocenters. The molecule has 0 aliphatic carbocycles.